The monoisotopic (exact) mass is 277 g/mol. The highest BCUT2D eigenvalue weighted by atomic mass is 19.3. The summed E-state index contributed by atoms with van der Waals surface area (Å²) in [6, 6.07) is 14.5. The van der Waals surface area contributed by atoms with Gasteiger partial charge in [0.25, 0.3) is 0 Å². The zero-order valence-corrected chi connectivity index (χ0v) is 11.2. The van der Waals surface area contributed by atoms with Crippen molar-refractivity contribution in [2.45, 2.75) is 26.0 Å². The van der Waals surface area contributed by atoms with Gasteiger partial charge in [0.1, 0.15) is 5.75 Å². The molecule has 0 fully saturated rings. The molecule has 0 aliphatic rings. The highest BCUT2D eigenvalue weighted by Gasteiger charge is 2.09. The fourth-order valence-corrected chi connectivity index (χ4v) is 1.99. The molecule has 2 aromatic carbocycles. The van der Waals surface area contributed by atoms with Crippen LogP contribution >= 0.6 is 0 Å². The van der Waals surface area contributed by atoms with E-state index in [9.17, 15) is 8.78 Å². The van der Waals surface area contributed by atoms with Crippen LogP contribution in [0.25, 0.3) is 0 Å². The normalized spacial score (nSPS) is 12.4. The van der Waals surface area contributed by atoms with Gasteiger partial charge < -0.3 is 10.5 Å². The topological polar surface area (TPSA) is 35.2 Å². The van der Waals surface area contributed by atoms with Crippen molar-refractivity contribution in [1.29, 1.82) is 0 Å². The largest absolute Gasteiger partial charge is 0.435 e. The lowest BCUT2D eigenvalue weighted by atomic mass is 9.99. The van der Waals surface area contributed by atoms with Crippen LogP contribution in [0.15, 0.2) is 48.5 Å². The molecule has 106 valence electrons. The lowest BCUT2D eigenvalue weighted by molar-refractivity contribution is -0.0498. The van der Waals surface area contributed by atoms with Gasteiger partial charge >= 0.3 is 6.61 Å². The molecule has 0 saturated carbocycles. The van der Waals surface area contributed by atoms with Crippen LogP contribution in [0.4, 0.5) is 8.78 Å². The number of alkyl halides is 2. The summed E-state index contributed by atoms with van der Waals surface area (Å²) in [7, 11) is 0. The van der Waals surface area contributed by atoms with Crippen LogP contribution < -0.4 is 10.5 Å². The Kier molecular flexibility index (Phi) is 4.69. The van der Waals surface area contributed by atoms with Crippen LogP contribution in [-0.2, 0) is 6.42 Å². The van der Waals surface area contributed by atoms with Crippen LogP contribution in [0.3, 0.4) is 0 Å². The predicted molar refractivity (Wildman–Crippen MR) is 74.9 cm³/mol. The van der Waals surface area contributed by atoms with Crippen molar-refractivity contribution in [3.05, 3.63) is 65.2 Å². The molecule has 1 atom stereocenters. The zero-order valence-electron chi connectivity index (χ0n) is 11.2. The summed E-state index contributed by atoms with van der Waals surface area (Å²) in [5.74, 6) is 0.145. The second-order valence-electron chi connectivity index (χ2n) is 4.74. The minimum atomic E-state index is -2.80. The Labute approximate surface area is 117 Å². The number of ether oxygens (including phenoxy) is 1. The van der Waals surface area contributed by atoms with Crippen molar-refractivity contribution in [3.63, 3.8) is 0 Å². The standard InChI is InChI=1S/C16H17F2NO/c1-11-2-4-12(5-3-11)10-15(19)13-6-8-14(9-7-13)20-16(17)18/h2-9,15-16H,10,19H2,1H3. The third-order valence-corrected chi connectivity index (χ3v) is 3.11. The summed E-state index contributed by atoms with van der Waals surface area (Å²) in [6.45, 7) is -0.770. The third-order valence-electron chi connectivity index (χ3n) is 3.11. The maximum absolute atomic E-state index is 12.1. The smallest absolute Gasteiger partial charge is 0.387 e. The molecule has 2 aromatic rings. The first-order chi connectivity index (χ1) is 9.54. The van der Waals surface area contributed by atoms with Crippen LogP contribution in [0, 0.1) is 6.92 Å². The van der Waals surface area contributed by atoms with Gasteiger partial charge in [0.15, 0.2) is 0 Å². The summed E-state index contributed by atoms with van der Waals surface area (Å²) in [5.41, 5.74) is 9.38. The zero-order chi connectivity index (χ0) is 14.5. The van der Waals surface area contributed by atoms with E-state index in [1.165, 1.54) is 17.7 Å². The van der Waals surface area contributed by atoms with Crippen LogP contribution in [-0.4, -0.2) is 6.61 Å². The minimum Gasteiger partial charge on any atom is -0.435 e. The average Bonchev–Trinajstić information content (AvgIpc) is 2.41. The van der Waals surface area contributed by atoms with E-state index < -0.39 is 6.61 Å². The Bertz CT molecular complexity index is 537. The molecule has 2 N–H and O–H groups in total. The molecule has 0 amide bonds. The van der Waals surface area contributed by atoms with E-state index in [0.717, 1.165) is 11.1 Å². The van der Waals surface area contributed by atoms with E-state index in [4.69, 9.17) is 5.73 Å². The number of nitrogens with two attached hydrogens (primary N) is 1. The first-order valence-corrected chi connectivity index (χ1v) is 6.40. The van der Waals surface area contributed by atoms with Crippen LogP contribution in [0.1, 0.15) is 22.7 Å². The molecule has 0 radical (unpaired) electrons. The molecular formula is C16H17F2NO. The van der Waals surface area contributed by atoms with E-state index in [2.05, 4.69) is 4.74 Å². The highest BCUT2D eigenvalue weighted by Crippen LogP contribution is 2.20. The van der Waals surface area contributed by atoms with Crippen LogP contribution in [0.5, 0.6) is 5.75 Å². The van der Waals surface area contributed by atoms with Gasteiger partial charge in [0, 0.05) is 6.04 Å². The van der Waals surface area contributed by atoms with E-state index in [1.807, 2.05) is 31.2 Å². The summed E-state index contributed by atoms with van der Waals surface area (Å²) in [4.78, 5) is 0. The SMILES string of the molecule is Cc1ccc(CC(N)c2ccc(OC(F)F)cc2)cc1. The molecule has 0 aromatic heterocycles. The molecule has 2 rings (SSSR count). The Hall–Kier alpha value is -1.94. The molecule has 0 heterocycles. The lowest BCUT2D eigenvalue weighted by Gasteiger charge is -2.13. The summed E-state index contributed by atoms with van der Waals surface area (Å²) in [5, 5.41) is 0. The fourth-order valence-electron chi connectivity index (χ4n) is 1.99. The van der Waals surface area contributed by atoms with Gasteiger partial charge in [-0.15, -0.1) is 0 Å². The predicted octanol–water partition coefficient (Wildman–Crippen LogP) is 3.84. The Balaban J connectivity index is 2.01. The third kappa shape index (κ3) is 4.03. The molecule has 0 aliphatic carbocycles. The van der Waals surface area contributed by atoms with Crippen molar-refractivity contribution in [2.24, 2.45) is 5.73 Å². The second kappa shape index (κ2) is 6.48. The van der Waals surface area contributed by atoms with E-state index in [1.54, 1.807) is 12.1 Å². The van der Waals surface area contributed by atoms with Gasteiger partial charge in [-0.05, 0) is 36.6 Å². The van der Waals surface area contributed by atoms with Crippen molar-refractivity contribution in [1.82, 2.24) is 0 Å². The molecule has 0 saturated heterocycles. The van der Waals surface area contributed by atoms with E-state index in [0.29, 0.717) is 6.42 Å². The molecule has 2 nitrogen and oxygen atoms in total. The summed E-state index contributed by atoms with van der Waals surface area (Å²) in [6.07, 6.45) is 0.704. The van der Waals surface area contributed by atoms with Gasteiger partial charge in [0.05, 0.1) is 0 Å². The number of halogens is 2. The Morgan fingerprint density at radius 3 is 2.15 bits per heavy atom. The Morgan fingerprint density at radius 2 is 1.60 bits per heavy atom. The second-order valence-corrected chi connectivity index (χ2v) is 4.74. The van der Waals surface area contributed by atoms with Gasteiger partial charge in [-0.25, -0.2) is 0 Å². The van der Waals surface area contributed by atoms with Gasteiger partial charge in [0.2, 0.25) is 0 Å². The van der Waals surface area contributed by atoms with E-state index in [-0.39, 0.29) is 11.8 Å². The number of hydrogen-bond acceptors (Lipinski definition) is 2. The lowest BCUT2D eigenvalue weighted by Crippen LogP contribution is -2.13. The molecule has 1 unspecified atom stereocenters. The van der Waals surface area contributed by atoms with Gasteiger partial charge in [-0.2, -0.15) is 8.78 Å². The minimum absolute atomic E-state index is 0.145. The average molecular weight is 277 g/mol. The molecule has 4 heteroatoms. The number of aryl methyl sites for hydroxylation is 1. The van der Waals surface area contributed by atoms with Gasteiger partial charge in [-0.1, -0.05) is 42.0 Å². The molecule has 0 spiro atoms. The van der Waals surface area contributed by atoms with Gasteiger partial charge in [-0.3, -0.25) is 0 Å². The van der Waals surface area contributed by atoms with E-state index >= 15 is 0 Å². The first-order valence-electron chi connectivity index (χ1n) is 6.40. The number of hydrogen-bond donors (Lipinski definition) is 1. The molecule has 20 heavy (non-hydrogen) atoms. The quantitative estimate of drug-likeness (QED) is 0.901. The number of rotatable bonds is 5. The maximum atomic E-state index is 12.1. The summed E-state index contributed by atoms with van der Waals surface area (Å²) < 4.78 is 28.4. The fraction of sp³-hybridized carbons (Fsp3) is 0.250. The first kappa shape index (κ1) is 14.5. The summed E-state index contributed by atoms with van der Waals surface area (Å²) >= 11 is 0. The molecular weight excluding hydrogens is 260 g/mol. The van der Waals surface area contributed by atoms with Crippen molar-refractivity contribution < 1.29 is 13.5 Å². The highest BCUT2D eigenvalue weighted by molar-refractivity contribution is 5.31. The van der Waals surface area contributed by atoms with Crippen molar-refractivity contribution >= 4 is 0 Å². The Morgan fingerprint density at radius 1 is 1.00 bits per heavy atom. The number of benzene rings is 2. The molecule has 0 aliphatic heterocycles. The maximum Gasteiger partial charge on any atom is 0.387 e. The van der Waals surface area contributed by atoms with Crippen LogP contribution in [0.2, 0.25) is 0 Å². The molecule has 0 bridgehead atoms. The van der Waals surface area contributed by atoms with Crippen molar-refractivity contribution in [3.8, 4) is 5.75 Å². The van der Waals surface area contributed by atoms with Crippen molar-refractivity contribution in [2.75, 3.05) is 0 Å².